The molecule has 1 amide bonds. The van der Waals surface area contributed by atoms with E-state index in [-0.39, 0.29) is 11.3 Å². The first-order valence-corrected chi connectivity index (χ1v) is 11.9. The molecule has 0 unspecified atom stereocenters. The highest BCUT2D eigenvalue weighted by molar-refractivity contribution is 6.46. The van der Waals surface area contributed by atoms with E-state index in [0.717, 1.165) is 24.3 Å². The Morgan fingerprint density at radius 1 is 1.14 bits per heavy atom. The van der Waals surface area contributed by atoms with Crippen LogP contribution < -0.4 is 4.74 Å². The third kappa shape index (κ3) is 4.79. The number of pyridine rings is 1. The molecule has 3 aromatic rings. The molecule has 0 bridgehead atoms. The van der Waals surface area contributed by atoms with E-state index < -0.39 is 17.7 Å². The van der Waals surface area contributed by atoms with Crippen LogP contribution in [0.25, 0.3) is 11.4 Å². The minimum Gasteiger partial charge on any atom is -0.505 e. The zero-order valence-electron chi connectivity index (χ0n) is 20.7. The Kier molecular flexibility index (Phi) is 7.21. The summed E-state index contributed by atoms with van der Waals surface area (Å²) in [6.45, 7) is 5.59. The Hall–Kier alpha value is -3.65. The quantitative estimate of drug-likeness (QED) is 0.287. The molecule has 1 N–H and O–H groups in total. The van der Waals surface area contributed by atoms with Crippen molar-refractivity contribution in [1.82, 2.24) is 19.2 Å². The normalized spacial score (nSPS) is 17.6. The largest absolute Gasteiger partial charge is 0.505 e. The molecule has 1 atom stereocenters. The van der Waals surface area contributed by atoms with Gasteiger partial charge in [-0.3, -0.25) is 14.0 Å². The second-order valence-corrected chi connectivity index (χ2v) is 9.04. The first kappa shape index (κ1) is 24.5. The molecule has 3 heterocycles. The van der Waals surface area contributed by atoms with E-state index in [1.54, 1.807) is 22.4 Å². The molecule has 1 fully saturated rings. The number of carbonyl (C=O) groups is 2. The van der Waals surface area contributed by atoms with Crippen molar-refractivity contribution in [2.24, 2.45) is 0 Å². The van der Waals surface area contributed by atoms with Crippen LogP contribution in [0.3, 0.4) is 0 Å². The fraction of sp³-hybridized carbons (Fsp3) is 0.370. The molecule has 1 aromatic carbocycles. The van der Waals surface area contributed by atoms with Crippen LogP contribution in [0.5, 0.6) is 5.75 Å². The molecule has 0 aliphatic carbocycles. The molecule has 1 aliphatic heterocycles. The molecule has 0 radical (unpaired) electrons. The molecular formula is C27H32N4O4. The number of amides is 1. The number of nitrogens with zero attached hydrogens (tertiary/aromatic N) is 4. The van der Waals surface area contributed by atoms with Crippen LogP contribution >= 0.6 is 0 Å². The molecule has 1 saturated heterocycles. The molecule has 184 valence electrons. The second-order valence-electron chi connectivity index (χ2n) is 9.04. The smallest absolute Gasteiger partial charge is 0.295 e. The fourth-order valence-corrected chi connectivity index (χ4v) is 4.51. The lowest BCUT2D eigenvalue weighted by atomic mass is 9.96. The lowest BCUT2D eigenvalue weighted by Crippen LogP contribution is -2.32. The number of hydrogen-bond donors (Lipinski definition) is 1. The summed E-state index contributed by atoms with van der Waals surface area (Å²) in [7, 11) is 3.93. The van der Waals surface area contributed by atoms with Crippen molar-refractivity contribution in [2.45, 2.75) is 32.7 Å². The van der Waals surface area contributed by atoms with Gasteiger partial charge in [-0.1, -0.05) is 25.1 Å². The summed E-state index contributed by atoms with van der Waals surface area (Å²) in [5.41, 5.74) is 2.47. The minimum atomic E-state index is -0.703. The monoisotopic (exact) mass is 476 g/mol. The lowest BCUT2D eigenvalue weighted by molar-refractivity contribution is -0.139. The van der Waals surface area contributed by atoms with Crippen molar-refractivity contribution < 1.29 is 19.4 Å². The molecule has 8 heteroatoms. The average Bonchev–Trinajstić information content (AvgIpc) is 3.31. The van der Waals surface area contributed by atoms with Crippen LogP contribution in [0.1, 0.15) is 42.8 Å². The number of fused-ring (bicyclic) bond motifs is 1. The van der Waals surface area contributed by atoms with Crippen LogP contribution in [0, 0.1) is 6.92 Å². The maximum absolute atomic E-state index is 13.3. The van der Waals surface area contributed by atoms with E-state index in [9.17, 15) is 14.7 Å². The second kappa shape index (κ2) is 10.3. The van der Waals surface area contributed by atoms with E-state index in [0.29, 0.717) is 36.6 Å². The van der Waals surface area contributed by atoms with E-state index in [4.69, 9.17) is 4.74 Å². The van der Waals surface area contributed by atoms with Gasteiger partial charge in [0.1, 0.15) is 17.1 Å². The first-order valence-electron chi connectivity index (χ1n) is 11.9. The molecular weight excluding hydrogens is 444 g/mol. The third-order valence-electron chi connectivity index (χ3n) is 6.14. The van der Waals surface area contributed by atoms with Crippen molar-refractivity contribution in [3.05, 3.63) is 71.2 Å². The maximum Gasteiger partial charge on any atom is 0.295 e. The molecule has 1 aliphatic rings. The van der Waals surface area contributed by atoms with Gasteiger partial charge in [0.05, 0.1) is 23.9 Å². The van der Waals surface area contributed by atoms with Gasteiger partial charge in [0.15, 0.2) is 5.76 Å². The molecule has 2 aromatic heterocycles. The van der Waals surface area contributed by atoms with Gasteiger partial charge in [0, 0.05) is 12.7 Å². The number of aryl methyl sites for hydroxylation is 1. The van der Waals surface area contributed by atoms with Crippen LogP contribution in [-0.2, 0) is 9.59 Å². The summed E-state index contributed by atoms with van der Waals surface area (Å²) in [5.74, 6) is -0.786. The molecule has 0 spiro atoms. The van der Waals surface area contributed by atoms with Crippen molar-refractivity contribution in [3.8, 4) is 5.75 Å². The predicted molar refractivity (Wildman–Crippen MR) is 134 cm³/mol. The third-order valence-corrected chi connectivity index (χ3v) is 6.14. The molecule has 4 rings (SSSR count). The minimum absolute atomic E-state index is 0.0795. The standard InChI is InChI=1S/C27H32N4O4/c1-5-17-35-20-12-10-19(11-13-20)24-22(26(33)27(34)31(24)16-8-14-29(3)4)25(32)23-18(2)28-21-9-6-7-15-30(21)23/h6-7,9-13,15,24,32H,5,8,14,16-17H2,1-4H3/t24-/m1/s1. The summed E-state index contributed by atoms with van der Waals surface area (Å²) in [6, 6.07) is 12.2. The van der Waals surface area contributed by atoms with E-state index >= 15 is 0 Å². The molecule has 8 nitrogen and oxygen atoms in total. The zero-order chi connectivity index (χ0) is 25.1. The van der Waals surface area contributed by atoms with E-state index in [2.05, 4.69) is 4.98 Å². The Balaban J connectivity index is 1.82. The van der Waals surface area contributed by atoms with Crippen molar-refractivity contribution >= 4 is 23.1 Å². The van der Waals surface area contributed by atoms with Crippen molar-refractivity contribution in [2.75, 3.05) is 33.8 Å². The Morgan fingerprint density at radius 2 is 1.89 bits per heavy atom. The van der Waals surface area contributed by atoms with E-state index in [1.165, 1.54) is 0 Å². The van der Waals surface area contributed by atoms with Gasteiger partial charge in [-0.2, -0.15) is 0 Å². The van der Waals surface area contributed by atoms with Gasteiger partial charge in [-0.05, 0) is 70.2 Å². The number of aliphatic hydroxyl groups is 1. The number of likely N-dealkylation sites (tertiary alicyclic amines) is 1. The van der Waals surface area contributed by atoms with E-state index in [1.807, 2.05) is 68.4 Å². The summed E-state index contributed by atoms with van der Waals surface area (Å²) in [4.78, 5) is 34.6. The van der Waals surface area contributed by atoms with Gasteiger partial charge in [-0.15, -0.1) is 0 Å². The van der Waals surface area contributed by atoms with Crippen LogP contribution in [0.15, 0.2) is 54.2 Å². The van der Waals surface area contributed by atoms with Gasteiger partial charge in [0.25, 0.3) is 11.7 Å². The number of hydrogen-bond acceptors (Lipinski definition) is 6. The Bertz CT molecular complexity index is 1260. The van der Waals surface area contributed by atoms with Crippen LogP contribution in [-0.4, -0.2) is 69.8 Å². The maximum atomic E-state index is 13.3. The highest BCUT2D eigenvalue weighted by atomic mass is 16.5. The van der Waals surface area contributed by atoms with Gasteiger partial charge >= 0.3 is 0 Å². The van der Waals surface area contributed by atoms with Crippen LogP contribution in [0.2, 0.25) is 0 Å². The first-order chi connectivity index (χ1) is 16.8. The fourth-order valence-electron chi connectivity index (χ4n) is 4.51. The Morgan fingerprint density at radius 3 is 2.57 bits per heavy atom. The van der Waals surface area contributed by atoms with Crippen molar-refractivity contribution in [3.63, 3.8) is 0 Å². The van der Waals surface area contributed by atoms with Gasteiger partial charge < -0.3 is 19.6 Å². The number of imidazole rings is 1. The number of ketones is 1. The van der Waals surface area contributed by atoms with Crippen molar-refractivity contribution in [1.29, 1.82) is 0 Å². The summed E-state index contributed by atoms with van der Waals surface area (Å²) in [5, 5.41) is 11.5. The van der Waals surface area contributed by atoms with Crippen LogP contribution in [0.4, 0.5) is 0 Å². The number of aromatic nitrogens is 2. The topological polar surface area (TPSA) is 87.4 Å². The number of ether oxygens (including phenoxy) is 1. The summed E-state index contributed by atoms with van der Waals surface area (Å²) in [6.07, 6.45) is 3.38. The lowest BCUT2D eigenvalue weighted by Gasteiger charge is -2.26. The highest BCUT2D eigenvalue weighted by Crippen LogP contribution is 2.40. The number of aliphatic hydroxyl groups excluding tert-OH is 1. The summed E-state index contributed by atoms with van der Waals surface area (Å²) < 4.78 is 7.44. The average molecular weight is 477 g/mol. The van der Waals surface area contributed by atoms with Gasteiger partial charge in [-0.25, -0.2) is 4.98 Å². The zero-order valence-corrected chi connectivity index (χ0v) is 20.7. The number of carbonyl (C=O) groups excluding carboxylic acids is 2. The number of benzene rings is 1. The predicted octanol–water partition coefficient (Wildman–Crippen LogP) is 3.80. The summed E-state index contributed by atoms with van der Waals surface area (Å²) >= 11 is 0. The SMILES string of the molecule is CCCOc1ccc([C@@H]2C(=C(O)c3c(C)nc4ccccn34)C(=O)C(=O)N2CCCN(C)C)cc1. The molecule has 35 heavy (non-hydrogen) atoms. The number of rotatable bonds is 9. The molecule has 0 saturated carbocycles. The Labute approximate surface area is 205 Å². The van der Waals surface area contributed by atoms with Gasteiger partial charge in [0.2, 0.25) is 0 Å². The highest BCUT2D eigenvalue weighted by Gasteiger charge is 2.46. The number of Topliss-reactive ketones (excluding diaryl/α,β-unsaturated/α-hetero) is 1.